The zero-order chi connectivity index (χ0) is 16.5. The molecule has 6 heteroatoms. The van der Waals surface area contributed by atoms with Gasteiger partial charge in [-0.3, -0.25) is 4.79 Å². The third-order valence-corrected chi connectivity index (χ3v) is 5.68. The van der Waals surface area contributed by atoms with Crippen molar-refractivity contribution in [1.29, 1.82) is 0 Å². The van der Waals surface area contributed by atoms with Crippen LogP contribution in [0.3, 0.4) is 0 Å². The lowest BCUT2D eigenvalue weighted by atomic mass is 9.95. The molecule has 5 nitrogen and oxygen atoms in total. The smallest absolute Gasteiger partial charge is 0.261 e. The number of nitrogens with one attached hydrogen (secondary N) is 1. The Hall–Kier alpha value is -2.47. The van der Waals surface area contributed by atoms with Crippen molar-refractivity contribution in [3.63, 3.8) is 0 Å². The zero-order valence-electron chi connectivity index (χ0n) is 13.4. The number of carbonyl (C=O) groups excluding carboxylic acids is 1. The summed E-state index contributed by atoms with van der Waals surface area (Å²) in [6.45, 7) is 1.75. The van der Waals surface area contributed by atoms with Crippen LogP contribution in [0.2, 0.25) is 0 Å². The summed E-state index contributed by atoms with van der Waals surface area (Å²) in [5.41, 5.74) is 1.17. The van der Waals surface area contributed by atoms with Crippen LogP contribution < -0.4 is 10.2 Å². The Morgan fingerprint density at radius 3 is 2.83 bits per heavy atom. The quantitative estimate of drug-likeness (QED) is 0.797. The molecule has 0 aliphatic carbocycles. The highest BCUT2D eigenvalue weighted by atomic mass is 32.1. The van der Waals surface area contributed by atoms with Crippen molar-refractivity contribution >= 4 is 33.3 Å². The first kappa shape index (κ1) is 15.1. The van der Waals surface area contributed by atoms with E-state index in [2.05, 4.69) is 32.3 Å². The van der Waals surface area contributed by atoms with Gasteiger partial charge in [0.15, 0.2) is 0 Å². The van der Waals surface area contributed by atoms with E-state index in [1.807, 2.05) is 18.2 Å². The zero-order valence-corrected chi connectivity index (χ0v) is 14.2. The van der Waals surface area contributed by atoms with Crippen LogP contribution in [0.25, 0.3) is 10.1 Å². The number of hydrogen-bond donors (Lipinski definition) is 1. The van der Waals surface area contributed by atoms with E-state index in [0.717, 1.165) is 30.3 Å². The second-order valence-electron chi connectivity index (χ2n) is 5.90. The molecule has 1 aliphatic rings. The molecule has 1 amide bonds. The maximum atomic E-state index is 12.4. The summed E-state index contributed by atoms with van der Waals surface area (Å²) < 4.78 is 1.17. The fourth-order valence-electron chi connectivity index (χ4n) is 3.38. The molecule has 1 aliphatic heterocycles. The molecule has 0 bridgehead atoms. The third-order valence-electron chi connectivity index (χ3n) is 4.50. The SMILES string of the molecule is CNC(=O)c1sc2ccccc2c1C1CCN(c2ncccn2)C1. The number of thiophene rings is 1. The van der Waals surface area contributed by atoms with Crippen LogP contribution in [0.15, 0.2) is 42.7 Å². The fraction of sp³-hybridized carbons (Fsp3) is 0.278. The predicted molar refractivity (Wildman–Crippen MR) is 96.8 cm³/mol. The Kier molecular flexibility index (Phi) is 3.90. The fourth-order valence-corrected chi connectivity index (χ4v) is 4.62. The molecule has 1 unspecified atom stereocenters. The van der Waals surface area contributed by atoms with Crippen LogP contribution in [-0.2, 0) is 0 Å². The normalized spacial score (nSPS) is 17.4. The molecular formula is C18H18N4OS. The minimum atomic E-state index is 0.000566. The van der Waals surface area contributed by atoms with Gasteiger partial charge in [-0.2, -0.15) is 0 Å². The molecule has 1 saturated heterocycles. The number of aromatic nitrogens is 2. The predicted octanol–water partition coefficient (Wildman–Crippen LogP) is 3.04. The van der Waals surface area contributed by atoms with E-state index < -0.39 is 0 Å². The van der Waals surface area contributed by atoms with Gasteiger partial charge in [0, 0.05) is 43.1 Å². The van der Waals surface area contributed by atoms with E-state index in [1.165, 1.54) is 15.6 Å². The van der Waals surface area contributed by atoms with Gasteiger partial charge in [0.1, 0.15) is 0 Å². The number of hydrogen-bond acceptors (Lipinski definition) is 5. The lowest BCUT2D eigenvalue weighted by Gasteiger charge is -2.16. The molecule has 2 aromatic heterocycles. The van der Waals surface area contributed by atoms with Gasteiger partial charge >= 0.3 is 0 Å². The standard InChI is InChI=1S/C18H18N4OS/c1-19-17(23)16-15(13-5-2-3-6-14(13)24-16)12-7-10-22(11-12)18-20-8-4-9-21-18/h2-6,8-9,12H,7,10-11H2,1H3,(H,19,23). The number of fused-ring (bicyclic) bond motifs is 1. The van der Waals surface area contributed by atoms with Crippen LogP contribution in [-0.4, -0.2) is 36.0 Å². The highest BCUT2D eigenvalue weighted by molar-refractivity contribution is 7.21. The monoisotopic (exact) mass is 338 g/mol. The summed E-state index contributed by atoms with van der Waals surface area (Å²) in [4.78, 5) is 24.1. The van der Waals surface area contributed by atoms with Crippen LogP contribution >= 0.6 is 11.3 Å². The second kappa shape index (κ2) is 6.20. The molecule has 1 atom stereocenters. The molecule has 3 aromatic rings. The first-order valence-electron chi connectivity index (χ1n) is 8.03. The summed E-state index contributed by atoms with van der Waals surface area (Å²) in [6.07, 6.45) is 4.54. The summed E-state index contributed by atoms with van der Waals surface area (Å²) >= 11 is 1.58. The molecule has 1 N–H and O–H groups in total. The first-order valence-corrected chi connectivity index (χ1v) is 8.85. The molecule has 0 spiro atoms. The Morgan fingerprint density at radius 1 is 1.25 bits per heavy atom. The van der Waals surface area contributed by atoms with Gasteiger partial charge in [0.25, 0.3) is 5.91 Å². The molecule has 0 saturated carbocycles. The maximum Gasteiger partial charge on any atom is 0.261 e. The Labute approximate surface area is 144 Å². The highest BCUT2D eigenvalue weighted by Crippen LogP contribution is 2.40. The van der Waals surface area contributed by atoms with E-state index in [1.54, 1.807) is 30.8 Å². The average molecular weight is 338 g/mol. The first-order chi connectivity index (χ1) is 11.8. The van der Waals surface area contributed by atoms with Crippen molar-refractivity contribution < 1.29 is 4.79 Å². The van der Waals surface area contributed by atoms with Crippen LogP contribution in [0.4, 0.5) is 5.95 Å². The van der Waals surface area contributed by atoms with Crippen molar-refractivity contribution in [3.05, 3.63) is 53.2 Å². The second-order valence-corrected chi connectivity index (χ2v) is 6.95. The number of rotatable bonds is 3. The Morgan fingerprint density at radius 2 is 2.04 bits per heavy atom. The van der Waals surface area contributed by atoms with Gasteiger partial charge in [-0.05, 0) is 29.5 Å². The number of amides is 1. The average Bonchev–Trinajstić information content (AvgIpc) is 3.26. The number of anilines is 1. The van der Waals surface area contributed by atoms with Crippen molar-refractivity contribution in [1.82, 2.24) is 15.3 Å². The van der Waals surface area contributed by atoms with Gasteiger partial charge in [0.05, 0.1) is 4.88 Å². The molecule has 1 fully saturated rings. The summed E-state index contributed by atoms with van der Waals surface area (Å²) in [6, 6.07) is 10.1. The van der Waals surface area contributed by atoms with E-state index in [9.17, 15) is 4.79 Å². The van der Waals surface area contributed by atoms with Gasteiger partial charge < -0.3 is 10.2 Å². The van der Waals surface area contributed by atoms with E-state index in [0.29, 0.717) is 5.92 Å². The highest BCUT2D eigenvalue weighted by Gasteiger charge is 2.31. The summed E-state index contributed by atoms with van der Waals surface area (Å²) in [5, 5.41) is 3.98. The summed E-state index contributed by atoms with van der Waals surface area (Å²) in [7, 11) is 1.69. The number of nitrogens with zero attached hydrogens (tertiary/aromatic N) is 3. The molecule has 3 heterocycles. The van der Waals surface area contributed by atoms with Gasteiger partial charge in [0.2, 0.25) is 5.95 Å². The Bertz CT molecular complexity index is 877. The minimum Gasteiger partial charge on any atom is -0.354 e. The summed E-state index contributed by atoms with van der Waals surface area (Å²) in [5.74, 6) is 1.08. The molecule has 122 valence electrons. The topological polar surface area (TPSA) is 58.1 Å². The lowest BCUT2D eigenvalue weighted by Crippen LogP contribution is -2.22. The van der Waals surface area contributed by atoms with Crippen molar-refractivity contribution in [2.45, 2.75) is 12.3 Å². The van der Waals surface area contributed by atoms with Gasteiger partial charge in [-0.15, -0.1) is 11.3 Å². The lowest BCUT2D eigenvalue weighted by molar-refractivity contribution is 0.0966. The van der Waals surface area contributed by atoms with Crippen molar-refractivity contribution in [2.24, 2.45) is 0 Å². The third kappa shape index (κ3) is 2.53. The van der Waals surface area contributed by atoms with Crippen molar-refractivity contribution in [2.75, 3.05) is 25.0 Å². The molecule has 1 aromatic carbocycles. The van der Waals surface area contributed by atoms with Crippen LogP contribution in [0.5, 0.6) is 0 Å². The maximum absolute atomic E-state index is 12.4. The minimum absolute atomic E-state index is 0.000566. The van der Waals surface area contributed by atoms with Gasteiger partial charge in [-0.1, -0.05) is 18.2 Å². The molecular weight excluding hydrogens is 320 g/mol. The molecule has 0 radical (unpaired) electrons. The molecule has 4 rings (SSSR count). The van der Waals surface area contributed by atoms with E-state index in [-0.39, 0.29) is 5.91 Å². The number of benzene rings is 1. The van der Waals surface area contributed by atoms with Crippen LogP contribution in [0, 0.1) is 0 Å². The number of carbonyl (C=O) groups is 1. The molecule has 24 heavy (non-hydrogen) atoms. The van der Waals surface area contributed by atoms with E-state index >= 15 is 0 Å². The van der Waals surface area contributed by atoms with E-state index in [4.69, 9.17) is 0 Å². The van der Waals surface area contributed by atoms with Crippen molar-refractivity contribution in [3.8, 4) is 0 Å². The largest absolute Gasteiger partial charge is 0.354 e. The van der Waals surface area contributed by atoms with Gasteiger partial charge in [-0.25, -0.2) is 9.97 Å². The van der Waals surface area contributed by atoms with Crippen LogP contribution in [0.1, 0.15) is 27.6 Å². The Balaban J connectivity index is 1.73.